The van der Waals surface area contributed by atoms with E-state index in [-0.39, 0.29) is 12.7 Å². The minimum Gasteiger partial charge on any atom is -0.364 e. The molecule has 0 fully saturated rings. The SMILES string of the molecule is FC=CNC=CF. The molecule has 0 aliphatic carbocycles. The fraction of sp³-hybridized carbons (Fsp3) is 0. The van der Waals surface area contributed by atoms with Crippen molar-refractivity contribution in [1.82, 2.24) is 5.32 Å². The van der Waals surface area contributed by atoms with Gasteiger partial charge in [0.15, 0.2) is 0 Å². The second-order valence-electron chi connectivity index (χ2n) is 0.752. The topological polar surface area (TPSA) is 12.0 Å². The van der Waals surface area contributed by atoms with Crippen molar-refractivity contribution < 1.29 is 8.78 Å². The summed E-state index contributed by atoms with van der Waals surface area (Å²) in [5.74, 6) is 0. The third-order valence-corrected chi connectivity index (χ3v) is 0.318. The van der Waals surface area contributed by atoms with E-state index in [0.29, 0.717) is 0 Å². The minimum atomic E-state index is 0.278. The first-order valence-corrected chi connectivity index (χ1v) is 1.68. The van der Waals surface area contributed by atoms with Gasteiger partial charge in [-0.3, -0.25) is 0 Å². The van der Waals surface area contributed by atoms with E-state index in [9.17, 15) is 8.78 Å². The number of halogens is 2. The van der Waals surface area contributed by atoms with Gasteiger partial charge in [-0.05, 0) is 0 Å². The second kappa shape index (κ2) is 5.14. The average molecular weight is 105 g/mol. The Morgan fingerprint density at radius 2 is 1.43 bits per heavy atom. The quantitative estimate of drug-likeness (QED) is 0.560. The maximum absolute atomic E-state index is 10.9. The molecule has 0 aliphatic heterocycles. The summed E-state index contributed by atoms with van der Waals surface area (Å²) in [6.45, 7) is 0. The van der Waals surface area contributed by atoms with Crippen LogP contribution in [0.3, 0.4) is 0 Å². The van der Waals surface area contributed by atoms with Gasteiger partial charge in [0, 0.05) is 12.4 Å². The molecule has 0 saturated heterocycles. The van der Waals surface area contributed by atoms with Gasteiger partial charge in [0.05, 0.1) is 0 Å². The van der Waals surface area contributed by atoms with Gasteiger partial charge in [-0.2, -0.15) is 0 Å². The van der Waals surface area contributed by atoms with E-state index in [0.717, 1.165) is 12.4 Å². The van der Waals surface area contributed by atoms with E-state index in [1.54, 1.807) is 0 Å². The summed E-state index contributed by atoms with van der Waals surface area (Å²) in [7, 11) is 0. The van der Waals surface area contributed by atoms with Gasteiger partial charge in [-0.1, -0.05) is 0 Å². The Morgan fingerprint density at radius 1 is 1.00 bits per heavy atom. The van der Waals surface area contributed by atoms with Crippen molar-refractivity contribution in [1.29, 1.82) is 0 Å². The van der Waals surface area contributed by atoms with Crippen LogP contribution in [0.15, 0.2) is 25.1 Å². The fourth-order valence-electron chi connectivity index (χ4n) is 0.128. The molecule has 0 aromatic rings. The van der Waals surface area contributed by atoms with Gasteiger partial charge in [-0.25, -0.2) is 8.78 Å². The lowest BCUT2D eigenvalue weighted by molar-refractivity contribution is 0.703. The van der Waals surface area contributed by atoms with E-state index >= 15 is 0 Å². The highest BCUT2D eigenvalue weighted by Crippen LogP contribution is 1.68. The lowest BCUT2D eigenvalue weighted by atomic mass is 10.9. The van der Waals surface area contributed by atoms with Gasteiger partial charge < -0.3 is 5.32 Å². The predicted octanol–water partition coefficient (Wildman–Crippen LogP) is 1.46. The largest absolute Gasteiger partial charge is 0.364 e. The minimum absolute atomic E-state index is 0.278. The van der Waals surface area contributed by atoms with E-state index in [4.69, 9.17) is 0 Å². The third kappa shape index (κ3) is 5.14. The molecule has 0 unspecified atom stereocenters. The lowest BCUT2D eigenvalue weighted by Gasteiger charge is -1.78. The average Bonchev–Trinajstić information content (AvgIpc) is 1.69. The van der Waals surface area contributed by atoms with E-state index < -0.39 is 0 Å². The van der Waals surface area contributed by atoms with Crippen LogP contribution in [0.1, 0.15) is 0 Å². The smallest absolute Gasteiger partial charge is 0.103 e. The van der Waals surface area contributed by atoms with Crippen molar-refractivity contribution in [3.05, 3.63) is 25.1 Å². The molecule has 0 aliphatic rings. The molecule has 1 nitrogen and oxygen atoms in total. The Bertz CT molecular complexity index is 67.8. The molecule has 0 saturated carbocycles. The maximum atomic E-state index is 10.9. The first-order valence-electron chi connectivity index (χ1n) is 1.68. The molecule has 40 valence electrons. The Kier molecular flexibility index (Phi) is 4.51. The lowest BCUT2D eigenvalue weighted by Crippen LogP contribution is -1.87. The maximum Gasteiger partial charge on any atom is 0.103 e. The fourth-order valence-corrected chi connectivity index (χ4v) is 0.128. The zero-order valence-electron chi connectivity index (χ0n) is 3.57. The number of hydrogen-bond donors (Lipinski definition) is 1. The van der Waals surface area contributed by atoms with Crippen LogP contribution in [-0.2, 0) is 0 Å². The first-order chi connectivity index (χ1) is 3.41. The molecule has 1 N–H and O–H groups in total. The first kappa shape index (κ1) is 6.14. The summed E-state index contributed by atoms with van der Waals surface area (Å²) in [5, 5.41) is 2.17. The standard InChI is InChI=1S/C4H5F2N/c5-1-3-7-4-2-6/h1-4,7H. The van der Waals surface area contributed by atoms with Gasteiger partial charge >= 0.3 is 0 Å². The van der Waals surface area contributed by atoms with Crippen molar-refractivity contribution in [2.24, 2.45) is 0 Å². The van der Waals surface area contributed by atoms with Crippen LogP contribution in [0, 0.1) is 0 Å². The number of hydrogen-bond acceptors (Lipinski definition) is 1. The molecular formula is C4H5F2N. The zero-order chi connectivity index (χ0) is 5.54. The summed E-state index contributed by atoms with van der Waals surface area (Å²) in [4.78, 5) is 0. The van der Waals surface area contributed by atoms with Crippen LogP contribution in [-0.4, -0.2) is 0 Å². The Morgan fingerprint density at radius 3 is 1.71 bits per heavy atom. The molecule has 0 rings (SSSR count). The molecule has 0 spiro atoms. The monoisotopic (exact) mass is 105 g/mol. The van der Waals surface area contributed by atoms with Crippen molar-refractivity contribution in [2.75, 3.05) is 0 Å². The normalized spacial score (nSPS) is 11.1. The van der Waals surface area contributed by atoms with Gasteiger partial charge in [0.2, 0.25) is 0 Å². The van der Waals surface area contributed by atoms with Gasteiger partial charge in [0.25, 0.3) is 0 Å². The molecule has 0 atom stereocenters. The van der Waals surface area contributed by atoms with Crippen molar-refractivity contribution >= 4 is 0 Å². The summed E-state index contributed by atoms with van der Waals surface area (Å²) in [5.41, 5.74) is 0. The highest BCUT2D eigenvalue weighted by atomic mass is 19.1. The van der Waals surface area contributed by atoms with Crippen LogP contribution < -0.4 is 5.32 Å². The summed E-state index contributed by atoms with van der Waals surface area (Å²) in [6.07, 6.45) is 2.49. The Balaban J connectivity index is 2.98. The number of nitrogens with one attached hydrogen (secondary N) is 1. The molecule has 0 bridgehead atoms. The predicted molar refractivity (Wildman–Crippen MR) is 23.6 cm³/mol. The van der Waals surface area contributed by atoms with Gasteiger partial charge in [0.1, 0.15) is 12.7 Å². The van der Waals surface area contributed by atoms with Gasteiger partial charge in [-0.15, -0.1) is 0 Å². The number of rotatable bonds is 2. The molecule has 0 aromatic carbocycles. The molecule has 0 aromatic heterocycles. The highest BCUT2D eigenvalue weighted by molar-refractivity contribution is 4.78. The Labute approximate surface area is 40.3 Å². The Hall–Kier alpha value is -0.860. The molecule has 3 heteroatoms. The van der Waals surface area contributed by atoms with Crippen LogP contribution in [0.5, 0.6) is 0 Å². The van der Waals surface area contributed by atoms with Crippen LogP contribution >= 0.6 is 0 Å². The van der Waals surface area contributed by atoms with Crippen LogP contribution in [0.25, 0.3) is 0 Å². The highest BCUT2D eigenvalue weighted by Gasteiger charge is 1.59. The van der Waals surface area contributed by atoms with E-state index in [1.165, 1.54) is 0 Å². The van der Waals surface area contributed by atoms with Crippen molar-refractivity contribution in [3.63, 3.8) is 0 Å². The zero-order valence-corrected chi connectivity index (χ0v) is 3.57. The third-order valence-electron chi connectivity index (χ3n) is 0.318. The molecule has 7 heavy (non-hydrogen) atoms. The molecular weight excluding hydrogens is 100 g/mol. The van der Waals surface area contributed by atoms with Crippen LogP contribution in [0.2, 0.25) is 0 Å². The molecule has 0 amide bonds. The molecule has 0 heterocycles. The second-order valence-corrected chi connectivity index (χ2v) is 0.752. The van der Waals surface area contributed by atoms with E-state index in [2.05, 4.69) is 5.32 Å². The van der Waals surface area contributed by atoms with Crippen molar-refractivity contribution in [3.8, 4) is 0 Å². The van der Waals surface area contributed by atoms with Crippen molar-refractivity contribution in [2.45, 2.75) is 0 Å². The summed E-state index contributed by atoms with van der Waals surface area (Å²) in [6, 6.07) is 0. The van der Waals surface area contributed by atoms with E-state index in [1.807, 2.05) is 0 Å². The van der Waals surface area contributed by atoms with Crippen LogP contribution in [0.4, 0.5) is 8.78 Å². The molecule has 0 radical (unpaired) electrons. The summed E-state index contributed by atoms with van der Waals surface area (Å²) < 4.78 is 21.8. The summed E-state index contributed by atoms with van der Waals surface area (Å²) >= 11 is 0.